The fraction of sp³-hybridized carbons (Fsp3) is 0.444. The normalized spacial score (nSPS) is 16.8. The topological polar surface area (TPSA) is 85.4 Å². The minimum Gasteiger partial charge on any atom is -0.381 e. The van der Waals surface area contributed by atoms with E-state index in [1.807, 2.05) is 0 Å². The van der Waals surface area contributed by atoms with Crippen molar-refractivity contribution in [1.82, 2.24) is 4.98 Å². The van der Waals surface area contributed by atoms with Gasteiger partial charge >= 0.3 is 0 Å². The summed E-state index contributed by atoms with van der Waals surface area (Å²) >= 11 is 7.09. The Bertz CT molecular complexity index is 890. The number of hydrogen-bond acceptors (Lipinski definition) is 6. The van der Waals surface area contributed by atoms with Crippen molar-refractivity contribution in [1.29, 1.82) is 0 Å². The van der Waals surface area contributed by atoms with Crippen LogP contribution >= 0.6 is 22.9 Å². The number of thiazole rings is 1. The van der Waals surface area contributed by atoms with Gasteiger partial charge in [0.25, 0.3) is 0 Å². The minimum absolute atomic E-state index is 0.167. The van der Waals surface area contributed by atoms with Gasteiger partial charge < -0.3 is 10.1 Å². The second-order valence-electron chi connectivity index (χ2n) is 6.64. The number of aromatic nitrogens is 1. The lowest BCUT2D eigenvalue weighted by Gasteiger charge is -2.26. The van der Waals surface area contributed by atoms with E-state index in [4.69, 9.17) is 16.3 Å². The number of carbonyl (C=O) groups is 1. The highest BCUT2D eigenvalue weighted by atomic mass is 35.5. The molecule has 1 amide bonds. The van der Waals surface area contributed by atoms with E-state index in [0.717, 1.165) is 18.4 Å². The number of carbonyl (C=O) groups excluding carboxylic acids is 1. The number of rotatable bonds is 6. The van der Waals surface area contributed by atoms with Crippen LogP contribution in [0.25, 0.3) is 0 Å². The van der Waals surface area contributed by atoms with E-state index >= 15 is 0 Å². The Morgan fingerprint density at radius 3 is 2.56 bits per heavy atom. The van der Waals surface area contributed by atoms with Crippen molar-refractivity contribution in [3.05, 3.63) is 40.4 Å². The van der Waals surface area contributed by atoms with E-state index in [-0.39, 0.29) is 10.8 Å². The highest BCUT2D eigenvalue weighted by Crippen LogP contribution is 2.32. The third-order valence-electron chi connectivity index (χ3n) is 4.64. The number of sulfone groups is 1. The SMILES string of the molecule is CS(=O)(=O)c1ccc([C@@H](CC2CCOCC2)C(=O)Nc2ncc(Cl)s2)cc1. The first-order valence-corrected chi connectivity index (χ1v) is 11.7. The molecule has 0 bridgehead atoms. The lowest BCUT2D eigenvalue weighted by Crippen LogP contribution is -2.26. The lowest BCUT2D eigenvalue weighted by molar-refractivity contribution is -0.118. The first-order valence-electron chi connectivity index (χ1n) is 8.63. The summed E-state index contributed by atoms with van der Waals surface area (Å²) in [7, 11) is -3.28. The van der Waals surface area contributed by atoms with Crippen LogP contribution in [0.5, 0.6) is 0 Å². The van der Waals surface area contributed by atoms with Crippen LogP contribution in [0.3, 0.4) is 0 Å². The summed E-state index contributed by atoms with van der Waals surface area (Å²) in [5.74, 6) is -0.187. The number of benzene rings is 1. The van der Waals surface area contributed by atoms with Crippen molar-refractivity contribution < 1.29 is 17.9 Å². The molecule has 1 saturated heterocycles. The molecule has 0 saturated carbocycles. The summed E-state index contributed by atoms with van der Waals surface area (Å²) < 4.78 is 29.3. The number of nitrogens with one attached hydrogen (secondary N) is 1. The van der Waals surface area contributed by atoms with E-state index in [1.54, 1.807) is 24.3 Å². The van der Waals surface area contributed by atoms with E-state index < -0.39 is 15.8 Å². The quantitative estimate of drug-likeness (QED) is 0.757. The van der Waals surface area contributed by atoms with Crippen molar-refractivity contribution in [3.63, 3.8) is 0 Å². The van der Waals surface area contributed by atoms with Crippen molar-refractivity contribution in [3.8, 4) is 0 Å². The Morgan fingerprint density at radius 1 is 1.33 bits per heavy atom. The van der Waals surface area contributed by atoms with E-state index in [0.29, 0.717) is 35.0 Å². The van der Waals surface area contributed by atoms with Gasteiger partial charge in [-0.2, -0.15) is 0 Å². The second kappa shape index (κ2) is 8.68. The summed E-state index contributed by atoms with van der Waals surface area (Å²) in [6.45, 7) is 1.40. The Morgan fingerprint density at radius 2 is 2.00 bits per heavy atom. The molecule has 0 spiro atoms. The van der Waals surface area contributed by atoms with Gasteiger partial charge in [-0.3, -0.25) is 4.79 Å². The number of amides is 1. The summed E-state index contributed by atoms with van der Waals surface area (Å²) in [5, 5.41) is 3.28. The Labute approximate surface area is 167 Å². The van der Waals surface area contributed by atoms with Gasteiger partial charge in [0.1, 0.15) is 4.34 Å². The minimum atomic E-state index is -3.28. The van der Waals surface area contributed by atoms with Gasteiger partial charge in [-0.15, -0.1) is 0 Å². The molecule has 1 fully saturated rings. The molecule has 1 aromatic carbocycles. The van der Waals surface area contributed by atoms with Crippen LogP contribution in [0.15, 0.2) is 35.4 Å². The highest BCUT2D eigenvalue weighted by molar-refractivity contribution is 7.90. The average molecular weight is 429 g/mol. The number of halogens is 1. The summed E-state index contributed by atoms with van der Waals surface area (Å²) in [5.41, 5.74) is 0.786. The maximum Gasteiger partial charge on any atom is 0.233 e. The summed E-state index contributed by atoms with van der Waals surface area (Å²) in [4.78, 5) is 17.3. The molecule has 9 heteroatoms. The average Bonchev–Trinajstić information content (AvgIpc) is 3.04. The molecular formula is C18H21ClN2O4S2. The predicted octanol–water partition coefficient (Wildman–Crippen LogP) is 3.74. The number of anilines is 1. The molecule has 2 heterocycles. The van der Waals surface area contributed by atoms with Crippen LogP contribution in [0.4, 0.5) is 5.13 Å². The Balaban J connectivity index is 1.82. The fourth-order valence-electron chi connectivity index (χ4n) is 3.16. The number of ether oxygens (including phenoxy) is 1. The van der Waals surface area contributed by atoms with E-state index in [9.17, 15) is 13.2 Å². The first kappa shape index (κ1) is 20.3. The van der Waals surface area contributed by atoms with Crippen LogP contribution in [-0.2, 0) is 19.4 Å². The second-order valence-corrected chi connectivity index (χ2v) is 10.3. The van der Waals surface area contributed by atoms with Crippen molar-refractivity contribution >= 4 is 43.8 Å². The van der Waals surface area contributed by atoms with Gasteiger partial charge in [-0.1, -0.05) is 35.1 Å². The smallest absolute Gasteiger partial charge is 0.233 e. The van der Waals surface area contributed by atoms with Gasteiger partial charge in [-0.25, -0.2) is 13.4 Å². The van der Waals surface area contributed by atoms with Crippen LogP contribution in [0, 0.1) is 5.92 Å². The van der Waals surface area contributed by atoms with Gasteiger partial charge in [0, 0.05) is 19.5 Å². The highest BCUT2D eigenvalue weighted by Gasteiger charge is 2.27. The zero-order valence-electron chi connectivity index (χ0n) is 14.9. The standard InChI is InChI=1S/C18H21ClN2O4S2/c1-27(23,24)14-4-2-13(3-5-14)15(10-12-6-8-25-9-7-12)17(22)21-18-20-11-16(19)26-18/h2-5,11-12,15H,6-10H2,1H3,(H,20,21,22)/t15-/m1/s1. The zero-order valence-corrected chi connectivity index (χ0v) is 17.2. The van der Waals surface area contributed by atoms with Crippen LogP contribution < -0.4 is 5.32 Å². The zero-order chi connectivity index (χ0) is 19.4. The summed E-state index contributed by atoms with van der Waals surface area (Å²) in [6, 6.07) is 6.54. The van der Waals surface area contributed by atoms with Crippen molar-refractivity contribution in [2.45, 2.75) is 30.1 Å². The molecule has 6 nitrogen and oxygen atoms in total. The molecule has 27 heavy (non-hydrogen) atoms. The molecule has 3 rings (SSSR count). The Hall–Kier alpha value is -1.48. The van der Waals surface area contributed by atoms with Crippen molar-refractivity contribution in [2.24, 2.45) is 5.92 Å². The lowest BCUT2D eigenvalue weighted by atomic mass is 9.84. The van der Waals surface area contributed by atoms with Crippen LogP contribution in [-0.4, -0.2) is 38.8 Å². The molecule has 1 atom stereocenters. The van der Waals surface area contributed by atoms with Crippen LogP contribution in [0.1, 0.15) is 30.7 Å². The number of nitrogens with zero attached hydrogens (tertiary/aromatic N) is 1. The molecular weight excluding hydrogens is 408 g/mol. The molecule has 1 aliphatic rings. The molecule has 0 radical (unpaired) electrons. The van der Waals surface area contributed by atoms with Gasteiger partial charge in [0.2, 0.25) is 5.91 Å². The third-order valence-corrected chi connectivity index (χ3v) is 6.80. The predicted molar refractivity (Wildman–Crippen MR) is 106 cm³/mol. The molecule has 1 N–H and O–H groups in total. The molecule has 146 valence electrons. The molecule has 1 aliphatic heterocycles. The van der Waals surface area contributed by atoms with Crippen LogP contribution in [0.2, 0.25) is 4.34 Å². The van der Waals surface area contributed by atoms with E-state index in [1.165, 1.54) is 23.8 Å². The maximum atomic E-state index is 12.9. The maximum absolute atomic E-state index is 12.9. The first-order chi connectivity index (χ1) is 12.8. The van der Waals surface area contributed by atoms with Crippen molar-refractivity contribution in [2.75, 3.05) is 24.8 Å². The monoisotopic (exact) mass is 428 g/mol. The molecule has 1 aromatic heterocycles. The fourth-order valence-corrected chi connectivity index (χ4v) is 4.61. The molecule has 2 aromatic rings. The summed E-state index contributed by atoms with van der Waals surface area (Å²) in [6.07, 6.45) is 5.16. The van der Waals surface area contributed by atoms with Gasteiger partial charge in [-0.05, 0) is 42.9 Å². The largest absolute Gasteiger partial charge is 0.381 e. The van der Waals surface area contributed by atoms with Gasteiger partial charge in [0.15, 0.2) is 15.0 Å². The third kappa shape index (κ3) is 5.51. The Kier molecular flexibility index (Phi) is 6.52. The van der Waals surface area contributed by atoms with E-state index in [2.05, 4.69) is 10.3 Å². The number of hydrogen-bond donors (Lipinski definition) is 1. The van der Waals surface area contributed by atoms with Gasteiger partial charge in [0.05, 0.1) is 17.0 Å². The molecule has 0 aliphatic carbocycles. The molecule has 0 unspecified atom stereocenters.